The number of hydrogen-bond donors (Lipinski definition) is 2. The quantitative estimate of drug-likeness (QED) is 0.381. The van der Waals surface area contributed by atoms with E-state index in [0.717, 1.165) is 12.1 Å². The highest BCUT2D eigenvalue weighted by atomic mass is 16.5. The molecule has 19 heavy (non-hydrogen) atoms. The van der Waals surface area contributed by atoms with Gasteiger partial charge in [0, 0.05) is 6.54 Å². The maximum absolute atomic E-state index is 8.80. The molecule has 100 valence electrons. The largest absolute Gasteiger partial charge is 0.453 e. The van der Waals surface area contributed by atoms with Crippen molar-refractivity contribution in [1.82, 2.24) is 9.78 Å². The van der Waals surface area contributed by atoms with Crippen molar-refractivity contribution in [2.45, 2.75) is 20.4 Å². The molecule has 0 amide bonds. The zero-order valence-electron chi connectivity index (χ0n) is 10.9. The van der Waals surface area contributed by atoms with E-state index in [-0.39, 0.29) is 5.84 Å². The average Bonchev–Trinajstić information content (AvgIpc) is 2.88. The Bertz CT molecular complexity index is 604. The third kappa shape index (κ3) is 2.67. The first kappa shape index (κ1) is 12.9. The molecule has 0 spiro atoms. The summed E-state index contributed by atoms with van der Waals surface area (Å²) in [5, 5.41) is 16.0. The Balaban J connectivity index is 2.38. The molecule has 0 saturated carbocycles. The second kappa shape index (κ2) is 5.43. The van der Waals surface area contributed by atoms with Crippen LogP contribution in [0.3, 0.4) is 0 Å². The fraction of sp³-hybridized carbons (Fsp3) is 0.231. The van der Waals surface area contributed by atoms with Crippen molar-refractivity contribution in [2.24, 2.45) is 10.9 Å². The van der Waals surface area contributed by atoms with E-state index in [1.807, 2.05) is 26.0 Å². The van der Waals surface area contributed by atoms with Crippen molar-refractivity contribution in [3.63, 3.8) is 0 Å². The van der Waals surface area contributed by atoms with Crippen LogP contribution in [0, 0.1) is 6.92 Å². The number of nitrogens with two attached hydrogens (primary N) is 1. The van der Waals surface area contributed by atoms with E-state index in [4.69, 9.17) is 15.7 Å². The molecule has 6 heteroatoms. The lowest BCUT2D eigenvalue weighted by Crippen LogP contribution is -2.14. The molecule has 2 rings (SSSR count). The first-order valence-electron chi connectivity index (χ1n) is 5.93. The van der Waals surface area contributed by atoms with Gasteiger partial charge in [-0.3, -0.25) is 4.68 Å². The molecule has 2 aromatic rings. The first-order valence-corrected chi connectivity index (χ1v) is 5.93. The molecular formula is C13H16N4O2. The number of amidine groups is 1. The second-order valence-electron chi connectivity index (χ2n) is 4.07. The van der Waals surface area contributed by atoms with Crippen LogP contribution in [0.25, 0.3) is 0 Å². The summed E-state index contributed by atoms with van der Waals surface area (Å²) in [5.41, 5.74) is 7.09. The van der Waals surface area contributed by atoms with Crippen molar-refractivity contribution in [2.75, 3.05) is 0 Å². The molecule has 1 heterocycles. The normalized spacial score (nSPS) is 11.6. The Hall–Kier alpha value is -2.50. The SMILES string of the molecule is CCn1cc(Oc2c(C)cccc2/C(N)=N/O)cn1. The van der Waals surface area contributed by atoms with E-state index < -0.39 is 0 Å². The van der Waals surface area contributed by atoms with Gasteiger partial charge in [-0.2, -0.15) is 5.10 Å². The summed E-state index contributed by atoms with van der Waals surface area (Å²) < 4.78 is 7.55. The summed E-state index contributed by atoms with van der Waals surface area (Å²) in [5.74, 6) is 1.19. The fourth-order valence-corrected chi connectivity index (χ4v) is 1.73. The molecule has 0 aliphatic carbocycles. The van der Waals surface area contributed by atoms with Crippen molar-refractivity contribution in [3.8, 4) is 11.5 Å². The Labute approximate surface area is 111 Å². The van der Waals surface area contributed by atoms with Crippen LogP contribution in [0.2, 0.25) is 0 Å². The van der Waals surface area contributed by atoms with E-state index in [1.54, 1.807) is 23.1 Å². The molecular weight excluding hydrogens is 244 g/mol. The van der Waals surface area contributed by atoms with Crippen LogP contribution in [-0.4, -0.2) is 20.8 Å². The molecule has 0 aliphatic rings. The minimum Gasteiger partial charge on any atom is -0.453 e. The molecule has 0 bridgehead atoms. The Morgan fingerprint density at radius 2 is 2.32 bits per heavy atom. The van der Waals surface area contributed by atoms with Gasteiger partial charge in [0.15, 0.2) is 11.6 Å². The maximum Gasteiger partial charge on any atom is 0.173 e. The third-order valence-corrected chi connectivity index (χ3v) is 2.75. The Morgan fingerprint density at radius 3 is 2.95 bits per heavy atom. The van der Waals surface area contributed by atoms with Gasteiger partial charge in [-0.15, -0.1) is 0 Å². The molecule has 1 aromatic carbocycles. The van der Waals surface area contributed by atoms with Crippen LogP contribution in [-0.2, 0) is 6.54 Å². The number of rotatable bonds is 4. The predicted octanol–water partition coefficient (Wildman–Crippen LogP) is 2.10. The lowest BCUT2D eigenvalue weighted by Gasteiger charge is -2.11. The van der Waals surface area contributed by atoms with Crippen LogP contribution in [0.5, 0.6) is 11.5 Å². The zero-order chi connectivity index (χ0) is 13.8. The summed E-state index contributed by atoms with van der Waals surface area (Å²) >= 11 is 0. The number of benzene rings is 1. The van der Waals surface area contributed by atoms with E-state index >= 15 is 0 Å². The molecule has 3 N–H and O–H groups in total. The van der Waals surface area contributed by atoms with Gasteiger partial charge in [-0.05, 0) is 25.5 Å². The van der Waals surface area contributed by atoms with Gasteiger partial charge < -0.3 is 15.7 Å². The van der Waals surface area contributed by atoms with Crippen LogP contribution >= 0.6 is 0 Å². The molecule has 0 saturated heterocycles. The minimum absolute atomic E-state index is 0.0154. The topological polar surface area (TPSA) is 85.7 Å². The number of para-hydroxylation sites is 1. The standard InChI is InChI=1S/C13H16N4O2/c1-3-17-8-10(7-15-17)19-12-9(2)5-4-6-11(12)13(14)16-18/h4-8,18H,3H2,1-2H3,(H2,14,16). The number of nitrogens with zero attached hydrogens (tertiary/aromatic N) is 3. The van der Waals surface area contributed by atoms with Crippen molar-refractivity contribution < 1.29 is 9.94 Å². The molecule has 6 nitrogen and oxygen atoms in total. The number of oxime groups is 1. The summed E-state index contributed by atoms with van der Waals surface area (Å²) in [4.78, 5) is 0. The molecule has 0 radical (unpaired) electrons. The number of hydrogen-bond acceptors (Lipinski definition) is 4. The van der Waals surface area contributed by atoms with E-state index in [1.165, 1.54) is 0 Å². The molecule has 0 unspecified atom stereocenters. The van der Waals surface area contributed by atoms with Gasteiger partial charge in [0.25, 0.3) is 0 Å². The highest BCUT2D eigenvalue weighted by Crippen LogP contribution is 2.28. The van der Waals surface area contributed by atoms with Crippen LogP contribution in [0.4, 0.5) is 0 Å². The fourth-order valence-electron chi connectivity index (χ4n) is 1.73. The van der Waals surface area contributed by atoms with Gasteiger partial charge in [-0.1, -0.05) is 17.3 Å². The van der Waals surface area contributed by atoms with Crippen molar-refractivity contribution >= 4 is 5.84 Å². The highest BCUT2D eigenvalue weighted by Gasteiger charge is 2.12. The van der Waals surface area contributed by atoms with Crippen LogP contribution < -0.4 is 10.5 Å². The molecule has 0 fully saturated rings. The summed E-state index contributed by atoms with van der Waals surface area (Å²) in [6.07, 6.45) is 3.43. The zero-order valence-corrected chi connectivity index (χ0v) is 10.9. The lowest BCUT2D eigenvalue weighted by molar-refractivity contribution is 0.318. The summed E-state index contributed by atoms with van der Waals surface area (Å²) in [7, 11) is 0. The van der Waals surface area contributed by atoms with Crippen LogP contribution in [0.1, 0.15) is 18.1 Å². The Morgan fingerprint density at radius 1 is 1.53 bits per heavy atom. The summed E-state index contributed by atoms with van der Waals surface area (Å²) in [6, 6.07) is 5.46. The van der Waals surface area contributed by atoms with Gasteiger partial charge in [0.1, 0.15) is 5.75 Å². The van der Waals surface area contributed by atoms with Crippen LogP contribution in [0.15, 0.2) is 35.7 Å². The minimum atomic E-state index is 0.0154. The van der Waals surface area contributed by atoms with Gasteiger partial charge in [-0.25, -0.2) is 0 Å². The monoisotopic (exact) mass is 260 g/mol. The average molecular weight is 260 g/mol. The lowest BCUT2D eigenvalue weighted by atomic mass is 10.1. The van der Waals surface area contributed by atoms with E-state index in [2.05, 4.69) is 10.3 Å². The second-order valence-corrected chi connectivity index (χ2v) is 4.07. The maximum atomic E-state index is 8.80. The van der Waals surface area contributed by atoms with Crippen molar-refractivity contribution in [1.29, 1.82) is 0 Å². The number of aromatic nitrogens is 2. The third-order valence-electron chi connectivity index (χ3n) is 2.75. The number of aryl methyl sites for hydroxylation is 2. The summed E-state index contributed by atoms with van der Waals surface area (Å²) in [6.45, 7) is 4.66. The Kier molecular flexibility index (Phi) is 3.70. The van der Waals surface area contributed by atoms with E-state index in [9.17, 15) is 0 Å². The molecule has 0 atom stereocenters. The molecule has 1 aromatic heterocycles. The first-order chi connectivity index (χ1) is 9.15. The molecule has 0 aliphatic heterocycles. The smallest absolute Gasteiger partial charge is 0.173 e. The van der Waals surface area contributed by atoms with Crippen molar-refractivity contribution in [3.05, 3.63) is 41.7 Å². The van der Waals surface area contributed by atoms with Gasteiger partial charge in [0.2, 0.25) is 0 Å². The highest BCUT2D eigenvalue weighted by molar-refractivity contribution is 6.00. The van der Waals surface area contributed by atoms with E-state index in [0.29, 0.717) is 17.1 Å². The predicted molar refractivity (Wildman–Crippen MR) is 71.7 cm³/mol. The van der Waals surface area contributed by atoms with Gasteiger partial charge >= 0.3 is 0 Å². The van der Waals surface area contributed by atoms with Gasteiger partial charge in [0.05, 0.1) is 18.0 Å². The number of ether oxygens (including phenoxy) is 1.